The maximum absolute atomic E-state index is 12.5. The molecule has 1 spiro atoms. The maximum Gasteiger partial charge on any atom is 0.275 e. The van der Waals surface area contributed by atoms with Crippen LogP contribution in [0, 0.1) is 19.3 Å². The van der Waals surface area contributed by atoms with E-state index in [1.54, 1.807) is 11.0 Å². The number of nitrogens with zero attached hydrogens (tertiary/aromatic N) is 4. The van der Waals surface area contributed by atoms with Gasteiger partial charge in [-0.1, -0.05) is 0 Å². The Bertz CT molecular complexity index is 846. The standard InChI is InChI=1S/C15H16N4O3/c1-9-3-12-16-11(4-13(20)19(12)17-10(9)2)14(21)18-5-15(6-18)7-22-8-15/h3-4H,5-8H2,1-2H3. The summed E-state index contributed by atoms with van der Waals surface area (Å²) < 4.78 is 6.43. The number of aryl methyl sites for hydroxylation is 2. The summed E-state index contributed by atoms with van der Waals surface area (Å²) in [6.45, 7) is 6.52. The molecule has 0 N–H and O–H groups in total. The first kappa shape index (κ1) is 13.4. The van der Waals surface area contributed by atoms with Crippen molar-refractivity contribution in [3.8, 4) is 0 Å². The zero-order chi connectivity index (χ0) is 15.5. The Morgan fingerprint density at radius 2 is 2.00 bits per heavy atom. The number of amides is 1. The van der Waals surface area contributed by atoms with Crippen LogP contribution in [-0.4, -0.2) is 51.7 Å². The molecule has 0 aromatic carbocycles. The van der Waals surface area contributed by atoms with Crippen LogP contribution in [0.1, 0.15) is 21.7 Å². The van der Waals surface area contributed by atoms with Crippen LogP contribution in [0.4, 0.5) is 0 Å². The van der Waals surface area contributed by atoms with Gasteiger partial charge in [-0.2, -0.15) is 9.61 Å². The van der Waals surface area contributed by atoms with Crippen LogP contribution in [0.3, 0.4) is 0 Å². The lowest BCUT2D eigenvalue weighted by atomic mass is 9.78. The fourth-order valence-electron chi connectivity index (χ4n) is 2.97. The molecule has 22 heavy (non-hydrogen) atoms. The second kappa shape index (κ2) is 4.36. The van der Waals surface area contributed by atoms with Gasteiger partial charge in [0.15, 0.2) is 5.65 Å². The van der Waals surface area contributed by atoms with E-state index in [-0.39, 0.29) is 22.6 Å². The molecule has 2 fully saturated rings. The molecule has 114 valence electrons. The summed E-state index contributed by atoms with van der Waals surface area (Å²) in [7, 11) is 0. The smallest absolute Gasteiger partial charge is 0.275 e. The van der Waals surface area contributed by atoms with Gasteiger partial charge >= 0.3 is 0 Å². The van der Waals surface area contributed by atoms with E-state index in [1.807, 2.05) is 13.8 Å². The number of aromatic nitrogens is 3. The van der Waals surface area contributed by atoms with Gasteiger partial charge in [-0.25, -0.2) is 4.98 Å². The van der Waals surface area contributed by atoms with E-state index in [0.29, 0.717) is 32.0 Å². The van der Waals surface area contributed by atoms with E-state index in [4.69, 9.17) is 4.74 Å². The van der Waals surface area contributed by atoms with Crippen LogP contribution in [-0.2, 0) is 4.74 Å². The Morgan fingerprint density at radius 1 is 1.27 bits per heavy atom. The Kier molecular flexibility index (Phi) is 2.65. The number of likely N-dealkylation sites (tertiary alicyclic amines) is 1. The molecular formula is C15H16N4O3. The molecule has 2 saturated heterocycles. The highest BCUT2D eigenvalue weighted by Gasteiger charge is 2.50. The van der Waals surface area contributed by atoms with Crippen LogP contribution in [0.25, 0.3) is 5.65 Å². The summed E-state index contributed by atoms with van der Waals surface area (Å²) in [5.41, 5.74) is 2.11. The molecule has 0 aliphatic carbocycles. The highest BCUT2D eigenvalue weighted by Crippen LogP contribution is 2.37. The topological polar surface area (TPSA) is 76.8 Å². The summed E-state index contributed by atoms with van der Waals surface area (Å²) in [5.74, 6) is -0.199. The van der Waals surface area contributed by atoms with Gasteiger partial charge in [0, 0.05) is 19.2 Å². The van der Waals surface area contributed by atoms with Gasteiger partial charge in [-0.05, 0) is 25.5 Å². The van der Waals surface area contributed by atoms with Gasteiger partial charge in [0.05, 0.1) is 24.3 Å². The number of ether oxygens (including phenoxy) is 1. The summed E-state index contributed by atoms with van der Waals surface area (Å²) >= 11 is 0. The lowest BCUT2D eigenvalue weighted by Crippen LogP contribution is -2.67. The largest absolute Gasteiger partial charge is 0.380 e. The number of rotatable bonds is 1. The van der Waals surface area contributed by atoms with Crippen molar-refractivity contribution in [1.29, 1.82) is 0 Å². The van der Waals surface area contributed by atoms with E-state index < -0.39 is 0 Å². The average molecular weight is 300 g/mol. The zero-order valence-corrected chi connectivity index (χ0v) is 12.5. The number of carbonyl (C=O) groups is 1. The SMILES string of the molecule is Cc1cc2nc(C(=O)N3CC4(COC4)C3)cc(=O)n2nc1C. The molecule has 0 atom stereocenters. The van der Waals surface area contributed by atoms with Crippen LogP contribution < -0.4 is 5.56 Å². The van der Waals surface area contributed by atoms with Gasteiger partial charge < -0.3 is 9.64 Å². The highest BCUT2D eigenvalue weighted by atomic mass is 16.5. The van der Waals surface area contributed by atoms with Crippen molar-refractivity contribution >= 4 is 11.6 Å². The minimum atomic E-state index is -0.335. The molecule has 0 saturated carbocycles. The monoisotopic (exact) mass is 300 g/mol. The molecule has 2 aromatic rings. The van der Waals surface area contributed by atoms with Crippen molar-refractivity contribution in [2.24, 2.45) is 5.41 Å². The van der Waals surface area contributed by atoms with Gasteiger partial charge in [-0.15, -0.1) is 0 Å². The van der Waals surface area contributed by atoms with Gasteiger partial charge in [0.1, 0.15) is 5.69 Å². The Hall–Kier alpha value is -2.28. The lowest BCUT2D eigenvalue weighted by Gasteiger charge is -2.54. The number of carbonyl (C=O) groups excluding carboxylic acids is 1. The van der Waals surface area contributed by atoms with Crippen LogP contribution in [0.5, 0.6) is 0 Å². The van der Waals surface area contributed by atoms with Gasteiger partial charge in [0.25, 0.3) is 11.5 Å². The highest BCUT2D eigenvalue weighted by molar-refractivity contribution is 5.93. The fourth-order valence-corrected chi connectivity index (χ4v) is 2.97. The van der Waals surface area contributed by atoms with Crippen molar-refractivity contribution in [3.63, 3.8) is 0 Å². The minimum absolute atomic E-state index is 0.150. The number of fused-ring (bicyclic) bond motifs is 1. The molecule has 1 amide bonds. The van der Waals surface area contributed by atoms with Crippen molar-refractivity contribution < 1.29 is 9.53 Å². The van der Waals surface area contributed by atoms with Crippen molar-refractivity contribution in [2.75, 3.05) is 26.3 Å². The molecule has 4 heterocycles. The second-order valence-electron chi connectivity index (χ2n) is 6.32. The average Bonchev–Trinajstić information content (AvgIpc) is 2.37. The molecular weight excluding hydrogens is 284 g/mol. The molecule has 2 aliphatic rings. The third-order valence-corrected chi connectivity index (χ3v) is 4.46. The number of hydrogen-bond donors (Lipinski definition) is 0. The predicted octanol–water partition coefficient (Wildman–Crippen LogP) is 0.179. The van der Waals surface area contributed by atoms with Crippen LogP contribution >= 0.6 is 0 Å². The predicted molar refractivity (Wildman–Crippen MR) is 77.9 cm³/mol. The third kappa shape index (κ3) is 1.85. The minimum Gasteiger partial charge on any atom is -0.380 e. The van der Waals surface area contributed by atoms with E-state index in [1.165, 1.54) is 10.6 Å². The van der Waals surface area contributed by atoms with Gasteiger partial charge in [0.2, 0.25) is 0 Å². The van der Waals surface area contributed by atoms with E-state index >= 15 is 0 Å². The fraction of sp³-hybridized carbons (Fsp3) is 0.467. The summed E-state index contributed by atoms with van der Waals surface area (Å²) in [6, 6.07) is 3.04. The molecule has 2 aromatic heterocycles. The molecule has 7 heteroatoms. The van der Waals surface area contributed by atoms with E-state index in [9.17, 15) is 9.59 Å². The normalized spacial score (nSPS) is 19.1. The number of hydrogen-bond acceptors (Lipinski definition) is 5. The molecule has 2 aliphatic heterocycles. The maximum atomic E-state index is 12.5. The van der Waals surface area contributed by atoms with E-state index in [2.05, 4.69) is 10.1 Å². The zero-order valence-electron chi connectivity index (χ0n) is 12.5. The first-order chi connectivity index (χ1) is 10.5. The van der Waals surface area contributed by atoms with Crippen molar-refractivity contribution in [3.05, 3.63) is 39.4 Å². The Balaban J connectivity index is 1.69. The summed E-state index contributed by atoms with van der Waals surface area (Å²) in [5, 5.41) is 4.20. The molecule has 0 bridgehead atoms. The van der Waals surface area contributed by atoms with Crippen LogP contribution in [0.2, 0.25) is 0 Å². The Morgan fingerprint density at radius 3 is 2.64 bits per heavy atom. The molecule has 7 nitrogen and oxygen atoms in total. The quantitative estimate of drug-likeness (QED) is 0.751. The lowest BCUT2D eigenvalue weighted by molar-refractivity contribution is -0.176. The van der Waals surface area contributed by atoms with Gasteiger partial charge in [-0.3, -0.25) is 9.59 Å². The van der Waals surface area contributed by atoms with Crippen LogP contribution in [0.15, 0.2) is 16.9 Å². The van der Waals surface area contributed by atoms with E-state index in [0.717, 1.165) is 11.3 Å². The molecule has 0 unspecified atom stereocenters. The summed E-state index contributed by atoms with van der Waals surface area (Å²) in [6.07, 6.45) is 0. The van der Waals surface area contributed by atoms with Crippen molar-refractivity contribution in [1.82, 2.24) is 19.5 Å². The first-order valence-electron chi connectivity index (χ1n) is 7.23. The Labute approximate surface area is 126 Å². The summed E-state index contributed by atoms with van der Waals surface area (Å²) in [4.78, 5) is 30.6. The molecule has 0 radical (unpaired) electrons. The third-order valence-electron chi connectivity index (χ3n) is 4.46. The van der Waals surface area contributed by atoms with Crippen molar-refractivity contribution in [2.45, 2.75) is 13.8 Å². The second-order valence-corrected chi connectivity index (χ2v) is 6.32. The first-order valence-corrected chi connectivity index (χ1v) is 7.23. The molecule has 4 rings (SSSR count).